The van der Waals surface area contributed by atoms with Gasteiger partial charge >= 0.3 is 0 Å². The first kappa shape index (κ1) is 13.9. The summed E-state index contributed by atoms with van der Waals surface area (Å²) in [5, 5.41) is 2.93. The fraction of sp³-hybridized carbons (Fsp3) is 1.00. The number of hydrogen-bond acceptors (Lipinski definition) is 3. The molecule has 0 spiro atoms. The molecule has 0 heterocycles. The quantitative estimate of drug-likeness (QED) is 0.735. The van der Waals surface area contributed by atoms with Crippen molar-refractivity contribution >= 4 is 9.84 Å². The normalized spacial score (nSPS) is 15.1. The molecule has 0 aromatic carbocycles. The van der Waals surface area contributed by atoms with Crippen LogP contribution in [0.4, 0.5) is 0 Å². The lowest BCUT2D eigenvalue weighted by Crippen LogP contribution is -2.38. The van der Waals surface area contributed by atoms with E-state index in [9.17, 15) is 8.42 Å². The molecule has 0 aliphatic carbocycles. The van der Waals surface area contributed by atoms with Crippen molar-refractivity contribution in [2.75, 3.05) is 19.3 Å². The van der Waals surface area contributed by atoms with Gasteiger partial charge in [0.25, 0.3) is 0 Å². The minimum Gasteiger partial charge on any atom is -0.315 e. The van der Waals surface area contributed by atoms with Gasteiger partial charge in [-0.2, -0.15) is 0 Å². The van der Waals surface area contributed by atoms with Crippen LogP contribution in [0.1, 0.15) is 27.7 Å². The molecule has 86 valence electrons. The van der Waals surface area contributed by atoms with Gasteiger partial charge in [-0.25, -0.2) is 8.42 Å². The molecular weight excluding hydrogens is 198 g/mol. The topological polar surface area (TPSA) is 46.2 Å². The highest BCUT2D eigenvalue weighted by Gasteiger charge is 2.23. The standard InChI is InChI=1S/C10H23NO2S/c1-8(2)6-11-7-10(9(3)4)14(5,12)13/h8-11H,6-7H2,1-5H3. The van der Waals surface area contributed by atoms with Crippen LogP contribution < -0.4 is 5.32 Å². The molecule has 0 amide bonds. The van der Waals surface area contributed by atoms with Gasteiger partial charge < -0.3 is 5.32 Å². The molecule has 4 heteroatoms. The minimum atomic E-state index is -2.92. The van der Waals surface area contributed by atoms with Gasteiger partial charge in [-0.3, -0.25) is 0 Å². The summed E-state index contributed by atoms with van der Waals surface area (Å²) in [6.07, 6.45) is 1.31. The van der Waals surface area contributed by atoms with Crippen molar-refractivity contribution in [1.82, 2.24) is 5.32 Å². The van der Waals surface area contributed by atoms with E-state index in [1.54, 1.807) is 0 Å². The van der Waals surface area contributed by atoms with E-state index in [0.717, 1.165) is 6.54 Å². The van der Waals surface area contributed by atoms with Gasteiger partial charge in [0.2, 0.25) is 0 Å². The number of nitrogens with one attached hydrogen (secondary N) is 1. The molecule has 0 radical (unpaired) electrons. The van der Waals surface area contributed by atoms with Crippen molar-refractivity contribution in [3.63, 3.8) is 0 Å². The summed E-state index contributed by atoms with van der Waals surface area (Å²) < 4.78 is 22.8. The largest absolute Gasteiger partial charge is 0.315 e. The molecule has 0 rings (SSSR count). The number of hydrogen-bond donors (Lipinski definition) is 1. The lowest BCUT2D eigenvalue weighted by molar-refractivity contribution is 0.483. The predicted octanol–water partition coefficient (Wildman–Crippen LogP) is 1.30. The molecule has 0 bridgehead atoms. The van der Waals surface area contributed by atoms with Crippen molar-refractivity contribution in [2.45, 2.75) is 32.9 Å². The van der Waals surface area contributed by atoms with Gasteiger partial charge in [0, 0.05) is 12.8 Å². The Morgan fingerprint density at radius 1 is 1.07 bits per heavy atom. The molecule has 0 aliphatic rings. The van der Waals surface area contributed by atoms with E-state index in [1.165, 1.54) is 6.26 Å². The van der Waals surface area contributed by atoms with E-state index in [4.69, 9.17) is 0 Å². The lowest BCUT2D eigenvalue weighted by atomic mass is 10.1. The Hall–Kier alpha value is -0.0900. The van der Waals surface area contributed by atoms with Gasteiger partial charge in [-0.05, 0) is 18.4 Å². The first-order valence-corrected chi connectivity index (χ1v) is 7.10. The van der Waals surface area contributed by atoms with E-state index in [1.807, 2.05) is 13.8 Å². The molecule has 0 saturated heterocycles. The number of sulfone groups is 1. The maximum absolute atomic E-state index is 11.4. The first-order valence-electron chi connectivity index (χ1n) is 5.14. The third kappa shape index (κ3) is 5.60. The first-order chi connectivity index (χ1) is 6.25. The Kier molecular flexibility index (Phi) is 5.67. The molecule has 0 fully saturated rings. The molecule has 0 saturated carbocycles. The summed E-state index contributed by atoms with van der Waals surface area (Å²) in [5.74, 6) is 0.729. The third-order valence-electron chi connectivity index (χ3n) is 2.19. The van der Waals surface area contributed by atoms with Gasteiger partial charge in [0.15, 0.2) is 9.84 Å². The lowest BCUT2D eigenvalue weighted by Gasteiger charge is -2.20. The van der Waals surface area contributed by atoms with Gasteiger partial charge in [-0.15, -0.1) is 0 Å². The minimum absolute atomic E-state index is 0.171. The second-order valence-corrected chi connectivity index (χ2v) is 6.93. The highest BCUT2D eigenvalue weighted by Crippen LogP contribution is 2.10. The van der Waals surface area contributed by atoms with Gasteiger partial charge in [-0.1, -0.05) is 27.7 Å². The highest BCUT2D eigenvalue weighted by molar-refractivity contribution is 7.91. The Morgan fingerprint density at radius 2 is 1.57 bits per heavy atom. The smallest absolute Gasteiger partial charge is 0.151 e. The summed E-state index contributed by atoms with van der Waals surface area (Å²) in [7, 11) is -2.92. The summed E-state index contributed by atoms with van der Waals surface area (Å²) in [6, 6.07) is 0. The van der Waals surface area contributed by atoms with Crippen molar-refractivity contribution in [3.8, 4) is 0 Å². The zero-order valence-corrected chi connectivity index (χ0v) is 10.7. The fourth-order valence-electron chi connectivity index (χ4n) is 1.40. The molecule has 1 unspecified atom stereocenters. The SMILES string of the molecule is CC(C)CNCC(C(C)C)S(C)(=O)=O. The Morgan fingerprint density at radius 3 is 1.86 bits per heavy atom. The van der Waals surface area contributed by atoms with Crippen molar-refractivity contribution in [1.29, 1.82) is 0 Å². The maximum atomic E-state index is 11.4. The summed E-state index contributed by atoms with van der Waals surface area (Å²) in [4.78, 5) is 0. The van der Waals surface area contributed by atoms with Crippen LogP contribution in [0.5, 0.6) is 0 Å². The molecule has 3 nitrogen and oxygen atoms in total. The Balaban J connectivity index is 4.14. The van der Waals surface area contributed by atoms with E-state index in [2.05, 4.69) is 19.2 Å². The zero-order valence-electron chi connectivity index (χ0n) is 9.87. The van der Waals surface area contributed by atoms with Crippen LogP contribution in [0.25, 0.3) is 0 Å². The average molecular weight is 221 g/mol. The molecular formula is C10H23NO2S. The van der Waals surface area contributed by atoms with E-state index >= 15 is 0 Å². The van der Waals surface area contributed by atoms with Crippen LogP contribution in [-0.2, 0) is 9.84 Å². The number of rotatable bonds is 6. The summed E-state index contributed by atoms with van der Waals surface area (Å²) in [6.45, 7) is 9.55. The van der Waals surface area contributed by atoms with E-state index in [-0.39, 0.29) is 11.2 Å². The second-order valence-electron chi connectivity index (χ2n) is 4.66. The van der Waals surface area contributed by atoms with Crippen LogP contribution in [-0.4, -0.2) is 33.0 Å². The highest BCUT2D eigenvalue weighted by atomic mass is 32.2. The molecule has 0 aromatic rings. The second kappa shape index (κ2) is 5.71. The van der Waals surface area contributed by atoms with Crippen LogP contribution >= 0.6 is 0 Å². The molecule has 14 heavy (non-hydrogen) atoms. The Labute approximate surface area is 88.2 Å². The van der Waals surface area contributed by atoms with Crippen molar-refractivity contribution in [2.24, 2.45) is 11.8 Å². The third-order valence-corrected chi connectivity index (χ3v) is 4.00. The zero-order chi connectivity index (χ0) is 11.4. The van der Waals surface area contributed by atoms with Crippen LogP contribution in [0, 0.1) is 11.8 Å². The van der Waals surface area contributed by atoms with Crippen LogP contribution in [0.3, 0.4) is 0 Å². The van der Waals surface area contributed by atoms with E-state index in [0.29, 0.717) is 12.5 Å². The van der Waals surface area contributed by atoms with Gasteiger partial charge in [0.1, 0.15) is 0 Å². The summed E-state index contributed by atoms with van der Waals surface area (Å²) in [5.41, 5.74) is 0. The molecule has 1 N–H and O–H groups in total. The monoisotopic (exact) mass is 221 g/mol. The van der Waals surface area contributed by atoms with E-state index < -0.39 is 9.84 Å². The van der Waals surface area contributed by atoms with Crippen molar-refractivity contribution < 1.29 is 8.42 Å². The molecule has 0 aromatic heterocycles. The fourth-order valence-corrected chi connectivity index (χ4v) is 2.81. The maximum Gasteiger partial charge on any atom is 0.151 e. The molecule has 0 aliphatic heterocycles. The summed E-state index contributed by atoms with van der Waals surface area (Å²) >= 11 is 0. The Bertz CT molecular complexity index is 245. The predicted molar refractivity (Wildman–Crippen MR) is 61.2 cm³/mol. The average Bonchev–Trinajstić information content (AvgIpc) is 1.94. The van der Waals surface area contributed by atoms with Gasteiger partial charge in [0.05, 0.1) is 5.25 Å². The molecule has 1 atom stereocenters. The van der Waals surface area contributed by atoms with Crippen LogP contribution in [0.2, 0.25) is 0 Å². The van der Waals surface area contributed by atoms with Crippen LogP contribution in [0.15, 0.2) is 0 Å². The van der Waals surface area contributed by atoms with Crippen molar-refractivity contribution in [3.05, 3.63) is 0 Å².